The quantitative estimate of drug-likeness (QED) is 0.862. The summed E-state index contributed by atoms with van der Waals surface area (Å²) < 4.78 is 14.5. The van der Waals surface area contributed by atoms with Crippen LogP contribution in [-0.4, -0.2) is 20.7 Å². The zero-order valence-corrected chi connectivity index (χ0v) is 9.71. The lowest BCUT2D eigenvalue weighted by atomic mass is 10.2. The summed E-state index contributed by atoms with van der Waals surface area (Å²) in [5.41, 5.74) is 0.740. The van der Waals surface area contributed by atoms with Gasteiger partial charge in [0.2, 0.25) is 5.91 Å². The van der Waals surface area contributed by atoms with Crippen molar-refractivity contribution in [2.24, 2.45) is 0 Å². The molecule has 94 valence electrons. The standard InChI is InChI=1S/C12H13FN4O/c13-11-3-1-2-10(6-11)7-15-12(18)4-5-17-9-14-8-16-17/h1-3,6,8-9H,4-5,7H2,(H,15,18). The van der Waals surface area contributed by atoms with Crippen LogP contribution < -0.4 is 5.32 Å². The van der Waals surface area contributed by atoms with E-state index in [4.69, 9.17) is 0 Å². The van der Waals surface area contributed by atoms with Gasteiger partial charge in [0.15, 0.2) is 0 Å². The molecular weight excluding hydrogens is 235 g/mol. The largest absolute Gasteiger partial charge is 0.352 e. The maximum atomic E-state index is 12.9. The number of aromatic nitrogens is 3. The molecule has 0 aliphatic rings. The van der Waals surface area contributed by atoms with Crippen molar-refractivity contribution in [2.75, 3.05) is 0 Å². The minimum absolute atomic E-state index is 0.102. The molecule has 0 fully saturated rings. The van der Waals surface area contributed by atoms with Gasteiger partial charge in [-0.05, 0) is 17.7 Å². The van der Waals surface area contributed by atoms with E-state index < -0.39 is 0 Å². The van der Waals surface area contributed by atoms with Crippen LogP contribution in [0.1, 0.15) is 12.0 Å². The number of hydrogen-bond acceptors (Lipinski definition) is 3. The van der Waals surface area contributed by atoms with E-state index in [0.29, 0.717) is 19.5 Å². The first-order valence-corrected chi connectivity index (χ1v) is 5.57. The molecule has 0 saturated heterocycles. The molecular formula is C12H13FN4O. The molecule has 6 heteroatoms. The van der Waals surface area contributed by atoms with Crippen molar-refractivity contribution in [2.45, 2.75) is 19.5 Å². The third-order valence-corrected chi connectivity index (χ3v) is 2.41. The second-order valence-corrected chi connectivity index (χ2v) is 3.82. The Hall–Kier alpha value is -2.24. The van der Waals surface area contributed by atoms with Crippen molar-refractivity contribution < 1.29 is 9.18 Å². The SMILES string of the molecule is O=C(CCn1cncn1)NCc1cccc(F)c1. The number of carbonyl (C=O) groups excluding carboxylic acids is 1. The van der Waals surface area contributed by atoms with Gasteiger partial charge in [-0.2, -0.15) is 5.10 Å². The van der Waals surface area contributed by atoms with Gasteiger partial charge < -0.3 is 5.32 Å². The molecule has 0 aliphatic carbocycles. The van der Waals surface area contributed by atoms with Crippen LogP contribution in [0.15, 0.2) is 36.9 Å². The van der Waals surface area contributed by atoms with Gasteiger partial charge in [-0.1, -0.05) is 12.1 Å². The maximum Gasteiger partial charge on any atom is 0.222 e. The highest BCUT2D eigenvalue weighted by atomic mass is 19.1. The fourth-order valence-corrected chi connectivity index (χ4v) is 1.50. The molecule has 1 amide bonds. The Labute approximate surface area is 104 Å². The highest BCUT2D eigenvalue weighted by Crippen LogP contribution is 2.02. The molecule has 2 rings (SSSR count). The van der Waals surface area contributed by atoms with Crippen molar-refractivity contribution in [1.29, 1.82) is 0 Å². The number of hydrogen-bond donors (Lipinski definition) is 1. The number of amides is 1. The molecule has 0 bridgehead atoms. The first-order valence-electron chi connectivity index (χ1n) is 5.57. The number of halogens is 1. The van der Waals surface area contributed by atoms with Crippen LogP contribution in [0.25, 0.3) is 0 Å². The topological polar surface area (TPSA) is 59.8 Å². The van der Waals surface area contributed by atoms with Gasteiger partial charge in [0.25, 0.3) is 0 Å². The summed E-state index contributed by atoms with van der Waals surface area (Å²) >= 11 is 0. The molecule has 1 N–H and O–H groups in total. The number of carbonyl (C=O) groups is 1. The summed E-state index contributed by atoms with van der Waals surface area (Å²) in [7, 11) is 0. The lowest BCUT2D eigenvalue weighted by molar-refractivity contribution is -0.121. The van der Waals surface area contributed by atoms with E-state index in [2.05, 4.69) is 15.4 Å². The van der Waals surface area contributed by atoms with E-state index in [-0.39, 0.29) is 11.7 Å². The molecule has 1 heterocycles. The summed E-state index contributed by atoms with van der Waals surface area (Å²) in [5, 5.41) is 6.62. The average molecular weight is 248 g/mol. The van der Waals surface area contributed by atoms with Crippen LogP contribution in [0.3, 0.4) is 0 Å². The highest BCUT2D eigenvalue weighted by molar-refractivity contribution is 5.75. The fraction of sp³-hybridized carbons (Fsp3) is 0.250. The fourth-order valence-electron chi connectivity index (χ4n) is 1.50. The number of rotatable bonds is 5. The second kappa shape index (κ2) is 5.90. The zero-order chi connectivity index (χ0) is 12.8. The molecule has 2 aromatic rings. The van der Waals surface area contributed by atoms with Crippen molar-refractivity contribution >= 4 is 5.91 Å². The van der Waals surface area contributed by atoms with E-state index in [1.165, 1.54) is 18.5 Å². The summed E-state index contributed by atoms with van der Waals surface area (Å²) in [5.74, 6) is -0.404. The molecule has 18 heavy (non-hydrogen) atoms. The van der Waals surface area contributed by atoms with Gasteiger partial charge in [-0.3, -0.25) is 9.48 Å². The first-order chi connectivity index (χ1) is 8.74. The van der Waals surface area contributed by atoms with E-state index in [0.717, 1.165) is 5.56 Å². The highest BCUT2D eigenvalue weighted by Gasteiger charge is 2.02. The third-order valence-electron chi connectivity index (χ3n) is 2.41. The molecule has 1 aromatic heterocycles. The first kappa shape index (κ1) is 12.2. The number of nitrogens with zero attached hydrogens (tertiary/aromatic N) is 3. The zero-order valence-electron chi connectivity index (χ0n) is 9.71. The predicted octanol–water partition coefficient (Wildman–Crippen LogP) is 1.12. The van der Waals surface area contributed by atoms with Gasteiger partial charge in [-0.15, -0.1) is 0 Å². The predicted molar refractivity (Wildman–Crippen MR) is 62.9 cm³/mol. The van der Waals surface area contributed by atoms with Gasteiger partial charge in [-0.25, -0.2) is 9.37 Å². The maximum absolute atomic E-state index is 12.9. The van der Waals surface area contributed by atoms with E-state index in [9.17, 15) is 9.18 Å². The summed E-state index contributed by atoms with van der Waals surface area (Å²) in [6, 6.07) is 6.15. The minimum atomic E-state index is -0.302. The van der Waals surface area contributed by atoms with Crippen LogP contribution in [0, 0.1) is 5.82 Å². The van der Waals surface area contributed by atoms with Gasteiger partial charge in [0, 0.05) is 13.0 Å². The Balaban J connectivity index is 1.75. The molecule has 5 nitrogen and oxygen atoms in total. The van der Waals surface area contributed by atoms with E-state index in [1.807, 2.05) is 0 Å². The molecule has 1 aromatic carbocycles. The van der Waals surface area contributed by atoms with Crippen LogP contribution in [0.2, 0.25) is 0 Å². The number of benzene rings is 1. The molecule has 0 unspecified atom stereocenters. The van der Waals surface area contributed by atoms with Crippen molar-refractivity contribution in [1.82, 2.24) is 20.1 Å². The van der Waals surface area contributed by atoms with Gasteiger partial charge >= 0.3 is 0 Å². The lowest BCUT2D eigenvalue weighted by Crippen LogP contribution is -2.24. The Morgan fingerprint density at radius 2 is 2.33 bits per heavy atom. The van der Waals surface area contributed by atoms with Crippen LogP contribution >= 0.6 is 0 Å². The molecule has 0 radical (unpaired) electrons. The molecule has 0 aliphatic heterocycles. The summed E-state index contributed by atoms with van der Waals surface area (Å²) in [4.78, 5) is 15.3. The van der Waals surface area contributed by atoms with Gasteiger partial charge in [0.05, 0.1) is 6.54 Å². The van der Waals surface area contributed by atoms with Crippen molar-refractivity contribution in [3.63, 3.8) is 0 Å². The molecule has 0 saturated carbocycles. The minimum Gasteiger partial charge on any atom is -0.352 e. The monoisotopic (exact) mass is 248 g/mol. The van der Waals surface area contributed by atoms with Gasteiger partial charge in [0.1, 0.15) is 18.5 Å². The Morgan fingerprint density at radius 3 is 3.06 bits per heavy atom. The van der Waals surface area contributed by atoms with Crippen LogP contribution in [-0.2, 0) is 17.9 Å². The third kappa shape index (κ3) is 3.65. The normalized spacial score (nSPS) is 10.3. The smallest absolute Gasteiger partial charge is 0.222 e. The molecule has 0 spiro atoms. The van der Waals surface area contributed by atoms with Crippen LogP contribution in [0.5, 0.6) is 0 Å². The Bertz CT molecular complexity index is 513. The Morgan fingerprint density at radius 1 is 1.44 bits per heavy atom. The van der Waals surface area contributed by atoms with Crippen LogP contribution in [0.4, 0.5) is 4.39 Å². The second-order valence-electron chi connectivity index (χ2n) is 3.82. The molecule has 0 atom stereocenters. The lowest BCUT2D eigenvalue weighted by Gasteiger charge is -2.05. The van der Waals surface area contributed by atoms with E-state index in [1.54, 1.807) is 23.1 Å². The number of nitrogens with one attached hydrogen (secondary N) is 1. The van der Waals surface area contributed by atoms with E-state index >= 15 is 0 Å². The summed E-state index contributed by atoms with van der Waals surface area (Å²) in [6.07, 6.45) is 3.29. The number of aryl methyl sites for hydroxylation is 1. The summed E-state index contributed by atoms with van der Waals surface area (Å²) in [6.45, 7) is 0.808. The van der Waals surface area contributed by atoms with Crippen molar-refractivity contribution in [3.8, 4) is 0 Å². The van der Waals surface area contributed by atoms with Crippen molar-refractivity contribution in [3.05, 3.63) is 48.3 Å². The average Bonchev–Trinajstić information content (AvgIpc) is 2.87. The Kier molecular flexibility index (Phi) is 4.01.